The highest BCUT2D eigenvalue weighted by Crippen LogP contribution is 2.40. The Morgan fingerprint density at radius 2 is 2.21 bits per heavy atom. The van der Waals surface area contributed by atoms with Gasteiger partial charge in [0.05, 0.1) is 5.39 Å². The lowest BCUT2D eigenvalue weighted by molar-refractivity contribution is 0.0519. The molecule has 1 aliphatic carbocycles. The van der Waals surface area contributed by atoms with Crippen LogP contribution in [0, 0.1) is 5.92 Å². The monoisotopic (exact) mass is 383 g/mol. The number of ether oxygens (including phenoxy) is 1. The SMILES string of the molecule is C=C1CCNc2ncnc3c2c1cn3[C@H]1CC[C@@H](CNC(=O)OC(C)(C)C)C1. The predicted octanol–water partition coefficient (Wildman–Crippen LogP) is 4.13. The van der Waals surface area contributed by atoms with Crippen LogP contribution in [-0.2, 0) is 4.74 Å². The van der Waals surface area contributed by atoms with Gasteiger partial charge in [0, 0.05) is 30.9 Å². The van der Waals surface area contributed by atoms with Crippen LogP contribution in [0.15, 0.2) is 19.1 Å². The first kappa shape index (κ1) is 18.8. The molecule has 0 aromatic carbocycles. The summed E-state index contributed by atoms with van der Waals surface area (Å²) in [4.78, 5) is 20.9. The highest BCUT2D eigenvalue weighted by Gasteiger charge is 2.30. The molecule has 0 radical (unpaired) electrons. The summed E-state index contributed by atoms with van der Waals surface area (Å²) < 4.78 is 7.63. The second kappa shape index (κ2) is 7.11. The van der Waals surface area contributed by atoms with Crippen molar-refractivity contribution in [1.29, 1.82) is 0 Å². The second-order valence-electron chi connectivity index (χ2n) is 8.87. The Labute approximate surface area is 165 Å². The van der Waals surface area contributed by atoms with Crippen LogP contribution in [0.1, 0.15) is 58.1 Å². The topological polar surface area (TPSA) is 81.1 Å². The van der Waals surface area contributed by atoms with E-state index >= 15 is 0 Å². The number of carbonyl (C=O) groups is 1. The molecule has 1 aliphatic heterocycles. The third kappa shape index (κ3) is 3.70. The Hall–Kier alpha value is -2.57. The van der Waals surface area contributed by atoms with Gasteiger partial charge in [0.2, 0.25) is 0 Å². The van der Waals surface area contributed by atoms with E-state index in [0.717, 1.165) is 60.2 Å². The maximum absolute atomic E-state index is 11.9. The molecular formula is C21H29N5O2. The Morgan fingerprint density at radius 1 is 1.39 bits per heavy atom. The van der Waals surface area contributed by atoms with Crippen molar-refractivity contribution >= 4 is 28.5 Å². The van der Waals surface area contributed by atoms with Crippen LogP contribution in [-0.4, -0.2) is 39.3 Å². The molecule has 1 amide bonds. The molecule has 2 N–H and O–H groups in total. The van der Waals surface area contributed by atoms with Gasteiger partial charge in [0.1, 0.15) is 23.4 Å². The summed E-state index contributed by atoms with van der Waals surface area (Å²) in [6.07, 6.45) is 7.56. The van der Waals surface area contributed by atoms with Crippen LogP contribution in [0.4, 0.5) is 10.6 Å². The van der Waals surface area contributed by atoms with Crippen LogP contribution in [0.2, 0.25) is 0 Å². The predicted molar refractivity (Wildman–Crippen MR) is 110 cm³/mol. The normalized spacial score (nSPS) is 22.0. The van der Waals surface area contributed by atoms with Crippen LogP contribution < -0.4 is 10.6 Å². The van der Waals surface area contributed by atoms with Crippen molar-refractivity contribution in [2.24, 2.45) is 5.92 Å². The minimum atomic E-state index is -0.471. The summed E-state index contributed by atoms with van der Waals surface area (Å²) in [6.45, 7) is 11.4. The molecule has 1 fully saturated rings. The highest BCUT2D eigenvalue weighted by atomic mass is 16.6. The summed E-state index contributed by atoms with van der Waals surface area (Å²) in [7, 11) is 0. The third-order valence-electron chi connectivity index (χ3n) is 5.55. The summed E-state index contributed by atoms with van der Waals surface area (Å²) in [5.74, 6) is 1.34. The number of hydrogen-bond acceptors (Lipinski definition) is 5. The van der Waals surface area contributed by atoms with E-state index in [4.69, 9.17) is 4.74 Å². The standard InChI is InChI=1S/C21H29N5O2/c1-13-7-8-22-18-17-16(13)11-26(19(17)25-12-24-18)15-6-5-14(9-15)10-23-20(27)28-21(2,3)4/h11-12,14-15H,1,5-10H2,2-4H3,(H,23,27)(H,22,24,25)/t14-,15+/m1/s1. The zero-order valence-electron chi connectivity index (χ0n) is 16.9. The minimum Gasteiger partial charge on any atom is -0.444 e. The number of anilines is 1. The quantitative estimate of drug-likeness (QED) is 0.833. The fraction of sp³-hybridized carbons (Fsp3) is 0.571. The lowest BCUT2D eigenvalue weighted by Crippen LogP contribution is -2.34. The number of hydrogen-bond donors (Lipinski definition) is 2. The van der Waals surface area contributed by atoms with Gasteiger partial charge in [-0.25, -0.2) is 14.8 Å². The minimum absolute atomic E-state index is 0.341. The average molecular weight is 383 g/mol. The number of nitrogens with one attached hydrogen (secondary N) is 2. The summed E-state index contributed by atoms with van der Waals surface area (Å²) in [5.41, 5.74) is 2.79. The molecule has 1 saturated carbocycles. The van der Waals surface area contributed by atoms with E-state index in [1.165, 1.54) is 0 Å². The lowest BCUT2D eigenvalue weighted by atomic mass is 10.1. The van der Waals surface area contributed by atoms with Crippen molar-refractivity contribution in [1.82, 2.24) is 19.9 Å². The molecule has 0 unspecified atom stereocenters. The number of amides is 1. The van der Waals surface area contributed by atoms with Crippen LogP contribution in [0.3, 0.4) is 0 Å². The van der Waals surface area contributed by atoms with Crippen LogP contribution in [0.25, 0.3) is 16.6 Å². The molecule has 0 bridgehead atoms. The fourth-order valence-corrected chi connectivity index (χ4v) is 4.26. The fourth-order valence-electron chi connectivity index (χ4n) is 4.26. The number of aromatic nitrogens is 3. The zero-order valence-corrected chi connectivity index (χ0v) is 16.9. The zero-order chi connectivity index (χ0) is 19.9. The van der Waals surface area contributed by atoms with Gasteiger partial charge in [-0.15, -0.1) is 0 Å². The van der Waals surface area contributed by atoms with E-state index < -0.39 is 5.60 Å². The van der Waals surface area contributed by atoms with Gasteiger partial charge in [-0.3, -0.25) is 0 Å². The number of rotatable bonds is 3. The average Bonchev–Trinajstić information content (AvgIpc) is 3.19. The number of carbonyl (C=O) groups excluding carboxylic acids is 1. The molecule has 2 aromatic heterocycles. The van der Waals surface area contributed by atoms with Gasteiger partial charge in [-0.05, 0) is 57.9 Å². The van der Waals surface area contributed by atoms with Gasteiger partial charge in [-0.1, -0.05) is 6.58 Å². The van der Waals surface area contributed by atoms with E-state index in [0.29, 0.717) is 18.5 Å². The molecule has 2 aromatic rings. The Bertz CT molecular complexity index is 911. The van der Waals surface area contributed by atoms with Gasteiger partial charge in [0.25, 0.3) is 0 Å². The van der Waals surface area contributed by atoms with Gasteiger partial charge < -0.3 is 19.9 Å². The first-order chi connectivity index (χ1) is 13.3. The molecule has 28 heavy (non-hydrogen) atoms. The van der Waals surface area contributed by atoms with Gasteiger partial charge >= 0.3 is 6.09 Å². The number of alkyl carbamates (subject to hydrolysis) is 1. The van der Waals surface area contributed by atoms with Crippen molar-refractivity contribution in [3.05, 3.63) is 24.7 Å². The van der Waals surface area contributed by atoms with Crippen LogP contribution in [0.5, 0.6) is 0 Å². The second-order valence-corrected chi connectivity index (χ2v) is 8.87. The largest absolute Gasteiger partial charge is 0.444 e. The van der Waals surface area contributed by atoms with Crippen molar-refractivity contribution in [3.8, 4) is 0 Å². The van der Waals surface area contributed by atoms with Crippen molar-refractivity contribution in [2.45, 2.75) is 58.1 Å². The molecule has 2 aliphatic rings. The molecule has 3 heterocycles. The maximum atomic E-state index is 11.9. The molecular weight excluding hydrogens is 354 g/mol. The Morgan fingerprint density at radius 3 is 3.00 bits per heavy atom. The maximum Gasteiger partial charge on any atom is 0.407 e. The highest BCUT2D eigenvalue weighted by molar-refractivity contribution is 5.99. The smallest absolute Gasteiger partial charge is 0.407 e. The molecule has 7 nitrogen and oxygen atoms in total. The van der Waals surface area contributed by atoms with Gasteiger partial charge in [0.15, 0.2) is 0 Å². The van der Waals surface area contributed by atoms with Crippen molar-refractivity contribution < 1.29 is 9.53 Å². The van der Waals surface area contributed by atoms with Crippen molar-refractivity contribution in [2.75, 3.05) is 18.4 Å². The first-order valence-electron chi connectivity index (χ1n) is 10.1. The Kier molecular flexibility index (Phi) is 4.77. The van der Waals surface area contributed by atoms with Crippen LogP contribution >= 0.6 is 0 Å². The third-order valence-corrected chi connectivity index (χ3v) is 5.55. The molecule has 0 saturated heterocycles. The summed E-state index contributed by atoms with van der Waals surface area (Å²) >= 11 is 0. The Balaban J connectivity index is 1.48. The van der Waals surface area contributed by atoms with E-state index in [-0.39, 0.29) is 6.09 Å². The lowest BCUT2D eigenvalue weighted by Gasteiger charge is -2.20. The van der Waals surface area contributed by atoms with E-state index in [1.807, 2.05) is 20.8 Å². The summed E-state index contributed by atoms with van der Waals surface area (Å²) in [6, 6.07) is 0.372. The molecule has 2 atom stereocenters. The summed E-state index contributed by atoms with van der Waals surface area (Å²) in [5, 5.41) is 7.40. The van der Waals surface area contributed by atoms with E-state index in [1.54, 1.807) is 6.33 Å². The molecule has 0 spiro atoms. The molecule has 4 rings (SSSR count). The van der Waals surface area contributed by atoms with E-state index in [9.17, 15) is 4.79 Å². The van der Waals surface area contributed by atoms with E-state index in [2.05, 4.69) is 37.9 Å². The number of nitrogens with zero attached hydrogens (tertiary/aromatic N) is 3. The van der Waals surface area contributed by atoms with Crippen molar-refractivity contribution in [3.63, 3.8) is 0 Å². The van der Waals surface area contributed by atoms with Gasteiger partial charge in [-0.2, -0.15) is 0 Å². The first-order valence-corrected chi connectivity index (χ1v) is 10.1. The molecule has 150 valence electrons. The molecule has 7 heteroatoms.